The molecule has 1 aliphatic heterocycles. The summed E-state index contributed by atoms with van der Waals surface area (Å²) in [4.78, 5) is 16.9. The highest BCUT2D eigenvalue weighted by molar-refractivity contribution is 5.78. The van der Waals surface area contributed by atoms with Crippen LogP contribution in [0, 0.1) is 5.92 Å². The molecule has 6 nitrogen and oxygen atoms in total. The molecule has 1 amide bonds. The van der Waals surface area contributed by atoms with Gasteiger partial charge in [0.1, 0.15) is 0 Å². The number of rotatable bonds is 9. The number of piperazine rings is 1. The lowest BCUT2D eigenvalue weighted by molar-refractivity contribution is -0.122. The number of carbonyl (C=O) groups excluding carboxylic acids is 1. The van der Waals surface area contributed by atoms with Crippen LogP contribution in [0.4, 0.5) is 0 Å². The molecule has 0 saturated carbocycles. The molecular formula is C20H33N3O3. The van der Waals surface area contributed by atoms with Gasteiger partial charge in [-0.25, -0.2) is 0 Å². The molecule has 6 heteroatoms. The SMILES string of the molecule is COc1ccc(CCNC(=O)CN2CCN(CC(C)C)CC2)cc1OC. The Morgan fingerprint density at radius 1 is 1.08 bits per heavy atom. The van der Waals surface area contributed by atoms with E-state index in [-0.39, 0.29) is 5.91 Å². The number of methoxy groups -OCH3 is 2. The Bertz CT molecular complexity index is 569. The van der Waals surface area contributed by atoms with E-state index in [9.17, 15) is 4.79 Å². The van der Waals surface area contributed by atoms with E-state index in [1.54, 1.807) is 14.2 Å². The van der Waals surface area contributed by atoms with Gasteiger partial charge < -0.3 is 19.7 Å². The Balaban J connectivity index is 1.68. The summed E-state index contributed by atoms with van der Waals surface area (Å²) in [7, 11) is 3.25. The highest BCUT2D eigenvalue weighted by atomic mass is 16.5. The molecule has 0 atom stereocenters. The molecule has 0 unspecified atom stereocenters. The number of ether oxygens (including phenoxy) is 2. The molecule has 0 bridgehead atoms. The van der Waals surface area contributed by atoms with E-state index >= 15 is 0 Å². The van der Waals surface area contributed by atoms with Crippen LogP contribution in [0.25, 0.3) is 0 Å². The summed E-state index contributed by atoms with van der Waals surface area (Å²) in [5, 5.41) is 3.02. The van der Waals surface area contributed by atoms with Gasteiger partial charge in [-0.1, -0.05) is 19.9 Å². The number of nitrogens with one attached hydrogen (secondary N) is 1. The number of amides is 1. The maximum atomic E-state index is 12.2. The molecule has 26 heavy (non-hydrogen) atoms. The number of hydrogen-bond acceptors (Lipinski definition) is 5. The largest absolute Gasteiger partial charge is 0.493 e. The predicted octanol–water partition coefficient (Wildman–Crippen LogP) is 1.64. The standard InChI is InChI=1S/C20H33N3O3/c1-16(2)14-22-9-11-23(12-10-22)15-20(24)21-8-7-17-5-6-18(25-3)19(13-17)26-4/h5-6,13,16H,7-12,14-15H2,1-4H3,(H,21,24). The van der Waals surface area contributed by atoms with E-state index in [0.29, 0.717) is 19.0 Å². The second-order valence-electron chi connectivity index (χ2n) is 7.26. The fourth-order valence-corrected chi connectivity index (χ4v) is 3.29. The van der Waals surface area contributed by atoms with Crippen LogP contribution in [-0.4, -0.2) is 75.7 Å². The maximum absolute atomic E-state index is 12.2. The van der Waals surface area contributed by atoms with Crippen molar-refractivity contribution in [3.05, 3.63) is 23.8 Å². The first kappa shape index (κ1) is 20.5. The van der Waals surface area contributed by atoms with Crippen LogP contribution in [0.5, 0.6) is 11.5 Å². The van der Waals surface area contributed by atoms with Gasteiger partial charge in [-0.2, -0.15) is 0 Å². The molecule has 0 radical (unpaired) electrons. The van der Waals surface area contributed by atoms with Crippen LogP contribution in [0.3, 0.4) is 0 Å². The minimum absolute atomic E-state index is 0.0998. The second kappa shape index (κ2) is 10.4. The van der Waals surface area contributed by atoms with Gasteiger partial charge in [0.15, 0.2) is 11.5 Å². The van der Waals surface area contributed by atoms with Gasteiger partial charge in [0.2, 0.25) is 5.91 Å². The molecule has 1 aromatic carbocycles. The molecule has 1 aromatic rings. The molecule has 0 aliphatic carbocycles. The van der Waals surface area contributed by atoms with Gasteiger partial charge in [-0.15, -0.1) is 0 Å². The summed E-state index contributed by atoms with van der Waals surface area (Å²) in [6.07, 6.45) is 0.772. The molecule has 1 N–H and O–H groups in total. The summed E-state index contributed by atoms with van der Waals surface area (Å²) in [6.45, 7) is 10.8. The van der Waals surface area contributed by atoms with Crippen LogP contribution >= 0.6 is 0 Å². The van der Waals surface area contributed by atoms with E-state index in [0.717, 1.165) is 56.2 Å². The van der Waals surface area contributed by atoms with Crippen molar-refractivity contribution in [1.29, 1.82) is 0 Å². The van der Waals surface area contributed by atoms with E-state index in [1.807, 2.05) is 18.2 Å². The Morgan fingerprint density at radius 3 is 2.35 bits per heavy atom. The zero-order valence-electron chi connectivity index (χ0n) is 16.6. The van der Waals surface area contributed by atoms with Gasteiger partial charge in [0, 0.05) is 39.3 Å². The molecule has 0 spiro atoms. The molecule has 146 valence electrons. The highest BCUT2D eigenvalue weighted by Crippen LogP contribution is 2.27. The quantitative estimate of drug-likeness (QED) is 0.723. The van der Waals surface area contributed by atoms with Gasteiger partial charge in [0.05, 0.1) is 20.8 Å². The fraction of sp³-hybridized carbons (Fsp3) is 0.650. The van der Waals surface area contributed by atoms with E-state index < -0.39 is 0 Å². The minimum Gasteiger partial charge on any atom is -0.493 e. The molecule has 0 aromatic heterocycles. The van der Waals surface area contributed by atoms with Crippen molar-refractivity contribution in [3.8, 4) is 11.5 Å². The topological polar surface area (TPSA) is 54.0 Å². The van der Waals surface area contributed by atoms with Crippen LogP contribution in [0.1, 0.15) is 19.4 Å². The first-order valence-corrected chi connectivity index (χ1v) is 9.44. The summed E-state index contributed by atoms with van der Waals surface area (Å²) in [6, 6.07) is 5.85. The average molecular weight is 364 g/mol. The van der Waals surface area contributed by atoms with Gasteiger partial charge in [-0.3, -0.25) is 9.69 Å². The lowest BCUT2D eigenvalue weighted by atomic mass is 10.1. The smallest absolute Gasteiger partial charge is 0.234 e. The van der Waals surface area contributed by atoms with Crippen molar-refractivity contribution < 1.29 is 14.3 Å². The summed E-state index contributed by atoms with van der Waals surface area (Å²) < 4.78 is 10.6. The molecule has 1 fully saturated rings. The van der Waals surface area contributed by atoms with Gasteiger partial charge in [-0.05, 0) is 30.0 Å². The molecule has 1 saturated heterocycles. The number of benzene rings is 1. The highest BCUT2D eigenvalue weighted by Gasteiger charge is 2.19. The monoisotopic (exact) mass is 363 g/mol. The minimum atomic E-state index is 0.0998. The van der Waals surface area contributed by atoms with Crippen LogP contribution in [-0.2, 0) is 11.2 Å². The number of hydrogen-bond donors (Lipinski definition) is 1. The zero-order valence-corrected chi connectivity index (χ0v) is 16.6. The van der Waals surface area contributed by atoms with Crippen molar-refractivity contribution in [3.63, 3.8) is 0 Å². The Morgan fingerprint density at radius 2 is 1.73 bits per heavy atom. The molecule has 1 aliphatic rings. The fourth-order valence-electron chi connectivity index (χ4n) is 3.29. The van der Waals surface area contributed by atoms with Crippen LogP contribution < -0.4 is 14.8 Å². The lowest BCUT2D eigenvalue weighted by Crippen LogP contribution is -2.50. The summed E-state index contributed by atoms with van der Waals surface area (Å²) in [5.74, 6) is 2.23. The predicted molar refractivity (Wildman–Crippen MR) is 104 cm³/mol. The third kappa shape index (κ3) is 6.50. The van der Waals surface area contributed by atoms with E-state index in [4.69, 9.17) is 9.47 Å². The van der Waals surface area contributed by atoms with Crippen molar-refractivity contribution >= 4 is 5.91 Å². The number of nitrogens with zero attached hydrogens (tertiary/aromatic N) is 2. The van der Waals surface area contributed by atoms with Crippen LogP contribution in [0.2, 0.25) is 0 Å². The van der Waals surface area contributed by atoms with Gasteiger partial charge >= 0.3 is 0 Å². The molecular weight excluding hydrogens is 330 g/mol. The Kier molecular flexibility index (Phi) is 8.19. The lowest BCUT2D eigenvalue weighted by Gasteiger charge is -2.35. The van der Waals surface area contributed by atoms with Crippen molar-refractivity contribution in [2.75, 3.05) is 60.0 Å². The van der Waals surface area contributed by atoms with Gasteiger partial charge in [0.25, 0.3) is 0 Å². The average Bonchev–Trinajstić information content (AvgIpc) is 2.62. The van der Waals surface area contributed by atoms with E-state index in [1.165, 1.54) is 0 Å². The molecule has 2 rings (SSSR count). The first-order chi connectivity index (χ1) is 12.5. The van der Waals surface area contributed by atoms with Crippen molar-refractivity contribution in [1.82, 2.24) is 15.1 Å². The second-order valence-corrected chi connectivity index (χ2v) is 7.26. The summed E-state index contributed by atoms with van der Waals surface area (Å²) >= 11 is 0. The third-order valence-electron chi connectivity index (χ3n) is 4.64. The third-order valence-corrected chi connectivity index (χ3v) is 4.64. The first-order valence-electron chi connectivity index (χ1n) is 9.44. The normalized spacial score (nSPS) is 15.9. The van der Waals surface area contributed by atoms with E-state index in [2.05, 4.69) is 29.0 Å². The summed E-state index contributed by atoms with van der Waals surface area (Å²) in [5.41, 5.74) is 1.12. The number of carbonyl (C=O) groups is 1. The molecule has 1 heterocycles. The zero-order chi connectivity index (χ0) is 18.9. The van der Waals surface area contributed by atoms with Crippen molar-refractivity contribution in [2.24, 2.45) is 5.92 Å². The Hall–Kier alpha value is -1.79. The Labute approximate surface area is 157 Å². The maximum Gasteiger partial charge on any atom is 0.234 e. The van der Waals surface area contributed by atoms with Crippen LogP contribution in [0.15, 0.2) is 18.2 Å². The van der Waals surface area contributed by atoms with Crippen molar-refractivity contribution in [2.45, 2.75) is 20.3 Å².